The second-order valence-electron chi connectivity index (χ2n) is 17.5. The lowest BCUT2D eigenvalue weighted by Crippen LogP contribution is -2.74. The summed E-state index contributed by atoms with van der Waals surface area (Å²) in [5.74, 6) is 0.651. The molecule has 0 atom stereocenters. The number of hydrogen-bond acceptors (Lipinski definition) is 0. The van der Waals surface area contributed by atoms with E-state index in [-0.39, 0.29) is 0 Å². The number of aromatic nitrogens is 2. The van der Waals surface area contributed by atoms with Crippen LogP contribution in [0.2, 0.25) is 0 Å². The third-order valence-corrected chi connectivity index (χ3v) is 18.8. The van der Waals surface area contributed by atoms with Crippen molar-refractivity contribution in [2.75, 3.05) is 0 Å². The van der Waals surface area contributed by atoms with Gasteiger partial charge in [-0.3, -0.25) is 0 Å². The van der Waals surface area contributed by atoms with Crippen molar-refractivity contribution in [1.29, 1.82) is 0 Å². The Morgan fingerprint density at radius 2 is 0.873 bits per heavy atom. The summed E-state index contributed by atoms with van der Waals surface area (Å²) in [6, 6.07) is 84.5. The standard InChI is InChI=1S/C60H48N2Si/c1-5-19-43(20-6-1)45-23-17-28-51(41-45)63(48-24-9-3-10-25-48,49-26-11-4-12-27-49)50-38-36-47(37-39-50)61-56-32-15-13-29-52(56)54-31-18-34-59(60(54)61)62-57-33-16-14-30-53(57)55-42-46(35-40-58(55)62)44-21-7-2-8-22-44/h1,3-6,9-20,23-42,44H,2,7-8,21-22H2. The van der Waals surface area contributed by atoms with E-state index in [1.54, 1.807) is 0 Å². The molecule has 9 aromatic carbocycles. The van der Waals surface area contributed by atoms with Gasteiger partial charge < -0.3 is 9.13 Å². The van der Waals surface area contributed by atoms with Gasteiger partial charge in [0.05, 0.1) is 27.8 Å². The molecule has 0 bridgehead atoms. The minimum atomic E-state index is -2.83. The van der Waals surface area contributed by atoms with Gasteiger partial charge in [0.1, 0.15) is 0 Å². The zero-order valence-corrected chi connectivity index (χ0v) is 36.4. The fourth-order valence-corrected chi connectivity index (χ4v) is 16.0. The normalized spacial score (nSPS) is 13.7. The number of fused-ring (bicyclic) bond motifs is 6. The third-order valence-electron chi connectivity index (χ3n) is 14.1. The molecule has 63 heavy (non-hydrogen) atoms. The van der Waals surface area contributed by atoms with E-state index in [4.69, 9.17) is 0 Å². The third kappa shape index (κ3) is 6.13. The largest absolute Gasteiger partial charge is 0.307 e. The molecule has 0 amide bonds. The van der Waals surface area contributed by atoms with Crippen molar-refractivity contribution in [3.05, 3.63) is 230 Å². The number of nitrogens with zero attached hydrogens (tertiary/aromatic N) is 2. The molecule has 12 rings (SSSR count). The lowest BCUT2D eigenvalue weighted by Gasteiger charge is -2.35. The maximum absolute atomic E-state index is 2.83. The molecule has 2 aromatic heterocycles. The van der Waals surface area contributed by atoms with Crippen molar-refractivity contribution < 1.29 is 0 Å². The topological polar surface area (TPSA) is 9.86 Å². The fourth-order valence-electron chi connectivity index (χ4n) is 11.2. The summed E-state index contributed by atoms with van der Waals surface area (Å²) in [6.45, 7) is 0. The summed E-state index contributed by atoms with van der Waals surface area (Å²) in [5, 5.41) is 10.6. The fraction of sp³-hybridized carbons (Fsp3) is 0.100. The molecule has 1 aliphatic carbocycles. The van der Waals surface area contributed by atoms with Crippen LogP contribution in [-0.4, -0.2) is 17.2 Å². The molecule has 302 valence electrons. The number of benzene rings is 9. The molecule has 1 saturated carbocycles. The molecular weight excluding hydrogens is 777 g/mol. The monoisotopic (exact) mass is 824 g/mol. The van der Waals surface area contributed by atoms with E-state index in [1.165, 1.54) is 119 Å². The molecule has 0 N–H and O–H groups in total. The maximum atomic E-state index is 2.53. The molecule has 1 aliphatic rings. The molecule has 2 nitrogen and oxygen atoms in total. The number of rotatable bonds is 8. The Balaban J connectivity index is 1.08. The predicted octanol–water partition coefficient (Wildman–Crippen LogP) is 13.0. The first-order valence-corrected chi connectivity index (χ1v) is 24.7. The highest BCUT2D eigenvalue weighted by atomic mass is 28.3. The van der Waals surface area contributed by atoms with Gasteiger partial charge in [0.2, 0.25) is 0 Å². The first-order chi connectivity index (χ1) is 31.3. The second-order valence-corrected chi connectivity index (χ2v) is 21.3. The van der Waals surface area contributed by atoms with Crippen molar-refractivity contribution in [2.45, 2.75) is 38.0 Å². The average Bonchev–Trinajstić information content (AvgIpc) is 3.89. The molecule has 2 heterocycles. The molecule has 0 spiro atoms. The summed E-state index contributed by atoms with van der Waals surface area (Å²) < 4.78 is 5.05. The van der Waals surface area contributed by atoms with Gasteiger partial charge >= 0.3 is 0 Å². The van der Waals surface area contributed by atoms with Gasteiger partial charge in [-0.15, -0.1) is 0 Å². The Labute approximate surface area is 370 Å². The highest BCUT2D eigenvalue weighted by molar-refractivity contribution is 7.19. The van der Waals surface area contributed by atoms with Gasteiger partial charge in [0, 0.05) is 27.2 Å². The van der Waals surface area contributed by atoms with Crippen LogP contribution in [0.15, 0.2) is 224 Å². The van der Waals surface area contributed by atoms with Gasteiger partial charge in [0.25, 0.3) is 0 Å². The molecule has 1 fully saturated rings. The first kappa shape index (κ1) is 37.5. The van der Waals surface area contributed by atoms with Gasteiger partial charge in [-0.2, -0.15) is 0 Å². The van der Waals surface area contributed by atoms with Crippen LogP contribution in [0, 0.1) is 0 Å². The molecule has 0 saturated heterocycles. The summed E-state index contributed by atoms with van der Waals surface area (Å²) >= 11 is 0. The van der Waals surface area contributed by atoms with E-state index < -0.39 is 8.07 Å². The maximum Gasteiger partial charge on any atom is 0.179 e. The lowest BCUT2D eigenvalue weighted by atomic mass is 9.84. The Morgan fingerprint density at radius 1 is 0.349 bits per heavy atom. The number of para-hydroxylation sites is 3. The smallest absolute Gasteiger partial charge is 0.179 e. The minimum Gasteiger partial charge on any atom is -0.307 e. The summed E-state index contributed by atoms with van der Waals surface area (Å²) in [6.07, 6.45) is 6.62. The van der Waals surface area contributed by atoms with Crippen molar-refractivity contribution in [2.24, 2.45) is 0 Å². The zero-order chi connectivity index (χ0) is 41.7. The summed E-state index contributed by atoms with van der Waals surface area (Å²) in [5.41, 5.74) is 11.2. The van der Waals surface area contributed by atoms with E-state index >= 15 is 0 Å². The van der Waals surface area contributed by atoms with Crippen LogP contribution in [0.25, 0.3) is 66.1 Å². The van der Waals surface area contributed by atoms with Crippen LogP contribution < -0.4 is 20.7 Å². The SMILES string of the molecule is c1ccc(-c2cccc([Si](c3ccccc3)(c3ccccc3)c3ccc(-n4c5ccccc5c5cccc(-n6c7ccccc7c7cc(C8CCCCC8)ccc76)c54)cc3)c2)cc1. The Morgan fingerprint density at radius 3 is 1.57 bits per heavy atom. The van der Waals surface area contributed by atoms with E-state index in [9.17, 15) is 0 Å². The summed E-state index contributed by atoms with van der Waals surface area (Å²) in [7, 11) is -2.83. The highest BCUT2D eigenvalue weighted by Crippen LogP contribution is 2.41. The molecule has 11 aromatic rings. The van der Waals surface area contributed by atoms with E-state index in [0.29, 0.717) is 5.92 Å². The molecule has 0 aliphatic heterocycles. The van der Waals surface area contributed by atoms with Crippen molar-refractivity contribution >= 4 is 72.4 Å². The molecular formula is C60H48N2Si. The first-order valence-electron chi connectivity index (χ1n) is 22.7. The zero-order valence-electron chi connectivity index (χ0n) is 35.4. The van der Waals surface area contributed by atoms with Gasteiger partial charge in [-0.25, -0.2) is 0 Å². The number of hydrogen-bond donors (Lipinski definition) is 0. The van der Waals surface area contributed by atoms with Crippen molar-refractivity contribution in [1.82, 2.24) is 9.13 Å². The average molecular weight is 825 g/mol. The predicted molar refractivity (Wildman–Crippen MR) is 270 cm³/mol. The van der Waals surface area contributed by atoms with Crippen LogP contribution in [0.4, 0.5) is 0 Å². The minimum absolute atomic E-state index is 0.651. The Bertz CT molecular complexity index is 3370. The van der Waals surface area contributed by atoms with Crippen LogP contribution in [-0.2, 0) is 0 Å². The van der Waals surface area contributed by atoms with Gasteiger partial charge in [0.15, 0.2) is 8.07 Å². The second kappa shape index (κ2) is 15.6. The van der Waals surface area contributed by atoms with Crippen LogP contribution >= 0.6 is 0 Å². The quantitative estimate of drug-likeness (QED) is 0.107. The summed E-state index contributed by atoms with van der Waals surface area (Å²) in [4.78, 5) is 0. The van der Waals surface area contributed by atoms with Crippen LogP contribution in [0.1, 0.15) is 43.6 Å². The van der Waals surface area contributed by atoms with E-state index in [0.717, 1.165) is 5.69 Å². The highest BCUT2D eigenvalue weighted by Gasteiger charge is 2.41. The van der Waals surface area contributed by atoms with Gasteiger partial charge in [-0.1, -0.05) is 201 Å². The lowest BCUT2D eigenvalue weighted by molar-refractivity contribution is 0.444. The van der Waals surface area contributed by atoms with Crippen LogP contribution in [0.5, 0.6) is 0 Å². The molecule has 0 radical (unpaired) electrons. The van der Waals surface area contributed by atoms with E-state index in [2.05, 4.69) is 234 Å². The van der Waals surface area contributed by atoms with Crippen molar-refractivity contribution in [3.63, 3.8) is 0 Å². The Kier molecular flexibility index (Phi) is 9.30. The Hall–Kier alpha value is -7.20. The molecule has 3 heteroatoms. The van der Waals surface area contributed by atoms with E-state index in [1.807, 2.05) is 0 Å². The molecule has 0 unspecified atom stereocenters. The van der Waals surface area contributed by atoms with Crippen LogP contribution in [0.3, 0.4) is 0 Å². The van der Waals surface area contributed by atoms with Crippen molar-refractivity contribution in [3.8, 4) is 22.5 Å². The van der Waals surface area contributed by atoms with Gasteiger partial charge in [-0.05, 0) is 98.7 Å².